The first-order chi connectivity index (χ1) is 15.6. The van der Waals surface area contributed by atoms with Crippen LogP contribution in [0.3, 0.4) is 0 Å². The average Bonchev–Trinajstić information content (AvgIpc) is 3.05. The summed E-state index contributed by atoms with van der Waals surface area (Å²) in [5.74, 6) is -0.639. The third kappa shape index (κ3) is 6.85. The van der Waals surface area contributed by atoms with Gasteiger partial charge in [-0.15, -0.1) is 19.1 Å². The van der Waals surface area contributed by atoms with Crippen molar-refractivity contribution in [1.29, 1.82) is 0 Å². The number of likely N-dealkylation sites (N-methyl/N-ethyl adjacent to an activating group) is 1. The van der Waals surface area contributed by atoms with Gasteiger partial charge in [0.25, 0.3) is 0 Å². The van der Waals surface area contributed by atoms with Gasteiger partial charge < -0.3 is 10.1 Å². The summed E-state index contributed by atoms with van der Waals surface area (Å²) in [4.78, 5) is 26.7. The van der Waals surface area contributed by atoms with Crippen LogP contribution in [0.1, 0.15) is 41.0 Å². The fraction of sp³-hybridized carbons (Fsp3) is 0.636. The molecule has 1 heterocycles. The number of hydrogen-bond acceptors (Lipinski definition) is 9. The van der Waals surface area contributed by atoms with E-state index >= 15 is 0 Å². The van der Waals surface area contributed by atoms with Crippen molar-refractivity contribution in [3.05, 3.63) is 24.3 Å². The summed E-state index contributed by atoms with van der Waals surface area (Å²) in [6.07, 6.45) is 0.0584. The molecule has 0 atom stereocenters. The first kappa shape index (κ1) is 27.9. The number of nitrogens with zero attached hydrogens (tertiary/aromatic N) is 6. The summed E-state index contributed by atoms with van der Waals surface area (Å²) in [5.41, 5.74) is 0.1000. The molecule has 12 heteroatoms. The third-order valence-corrected chi connectivity index (χ3v) is 8.33. The summed E-state index contributed by atoms with van der Waals surface area (Å²) in [6.45, 7) is 9.12. The molecule has 1 aromatic heterocycles. The van der Waals surface area contributed by atoms with Crippen LogP contribution in [0.4, 0.5) is 0 Å². The Hall–Kier alpha value is -2.33. The number of rotatable bonds is 10. The molecule has 2 aromatic rings. The summed E-state index contributed by atoms with van der Waals surface area (Å²) < 4.78 is 17.8. The first-order valence-corrected chi connectivity index (χ1v) is 12.6. The van der Waals surface area contributed by atoms with Crippen LogP contribution in [-0.4, -0.2) is 94.0 Å². The molecule has 0 saturated heterocycles. The molecule has 1 aromatic carbocycles. The fourth-order valence-corrected chi connectivity index (χ4v) is 6.67. The van der Waals surface area contributed by atoms with Gasteiger partial charge in [-0.3, -0.25) is 9.59 Å². The molecule has 0 aliphatic heterocycles. The highest BCUT2D eigenvalue weighted by Gasteiger charge is 2.56. The van der Waals surface area contributed by atoms with Crippen LogP contribution >= 0.6 is 7.94 Å². The number of nitrogens with one attached hydrogen (secondary N) is 1. The van der Waals surface area contributed by atoms with E-state index in [1.807, 2.05) is 87.2 Å². The SMILES string of the molecule is CN(C)[P+](On1nnc2ccccc21)(N(C)C)N(C)CC(=O)OC(C)(C)CC(=O)NC(C)(C)C. The molecule has 0 saturated carbocycles. The van der Waals surface area contributed by atoms with Crippen molar-refractivity contribution in [1.82, 2.24) is 34.5 Å². The zero-order chi connectivity index (χ0) is 25.9. The molecule has 0 unspecified atom stereocenters. The maximum Gasteiger partial charge on any atom is 0.450 e. The van der Waals surface area contributed by atoms with Crippen molar-refractivity contribution in [3.63, 3.8) is 0 Å². The molecule has 0 bridgehead atoms. The molecule has 0 spiro atoms. The smallest absolute Gasteiger partial charge is 0.450 e. The monoisotopic (exact) mass is 496 g/mol. The lowest BCUT2D eigenvalue weighted by atomic mass is 10.0. The number of aromatic nitrogens is 3. The van der Waals surface area contributed by atoms with E-state index in [1.165, 1.54) is 4.85 Å². The minimum absolute atomic E-state index is 0.0545. The van der Waals surface area contributed by atoms with E-state index in [1.54, 1.807) is 20.9 Å². The molecule has 1 N–H and O–H groups in total. The molecule has 2 rings (SSSR count). The van der Waals surface area contributed by atoms with E-state index in [4.69, 9.17) is 9.36 Å². The van der Waals surface area contributed by atoms with Gasteiger partial charge in [0, 0.05) is 40.8 Å². The lowest BCUT2D eigenvalue weighted by molar-refractivity contribution is -0.158. The van der Waals surface area contributed by atoms with E-state index in [-0.39, 0.29) is 24.4 Å². The van der Waals surface area contributed by atoms with Crippen LogP contribution in [0.5, 0.6) is 0 Å². The number of carbonyl (C=O) groups is 2. The van der Waals surface area contributed by atoms with E-state index in [0.29, 0.717) is 5.52 Å². The Bertz CT molecular complexity index is 993. The standard InChI is InChI=1S/C22H38N7O4P/c1-21(2,3)23-19(30)15-22(4,5)32-20(31)16-28(10)34(26(6)7,27(8)9)33-29-18-14-12-11-13-17(18)24-25-29/h11-14H,15-16H2,1-10H3/p+1. The van der Waals surface area contributed by atoms with Crippen LogP contribution in [-0.2, 0) is 14.3 Å². The molecule has 0 fully saturated rings. The highest BCUT2D eigenvalue weighted by atomic mass is 31.2. The molecule has 0 aliphatic rings. The van der Waals surface area contributed by atoms with Crippen molar-refractivity contribution in [2.45, 2.75) is 52.2 Å². The van der Waals surface area contributed by atoms with Gasteiger partial charge in [0.05, 0.1) is 6.42 Å². The van der Waals surface area contributed by atoms with Crippen LogP contribution < -0.4 is 9.94 Å². The summed E-state index contributed by atoms with van der Waals surface area (Å²) in [7, 11) is 6.62. The second-order valence-electron chi connectivity index (χ2n) is 10.3. The Morgan fingerprint density at radius 2 is 1.62 bits per heavy atom. The molecular weight excluding hydrogens is 457 g/mol. The Morgan fingerprint density at radius 1 is 1.03 bits per heavy atom. The van der Waals surface area contributed by atoms with Gasteiger partial charge in [0.1, 0.15) is 23.2 Å². The molecular formula is C22H39N7O4P+. The number of ether oxygens (including phenoxy) is 1. The molecule has 1 amide bonds. The molecule has 34 heavy (non-hydrogen) atoms. The normalized spacial score (nSPS) is 13.1. The number of fused-ring (bicyclic) bond motifs is 1. The average molecular weight is 497 g/mol. The number of benzene rings is 1. The van der Waals surface area contributed by atoms with Crippen LogP contribution in [0.15, 0.2) is 24.3 Å². The highest BCUT2D eigenvalue weighted by Crippen LogP contribution is 2.62. The number of amides is 1. The van der Waals surface area contributed by atoms with Crippen LogP contribution in [0.25, 0.3) is 11.0 Å². The largest absolute Gasteiger partial charge is 0.458 e. The van der Waals surface area contributed by atoms with Gasteiger partial charge in [-0.25, -0.2) is 0 Å². The lowest BCUT2D eigenvalue weighted by Crippen LogP contribution is -2.47. The highest BCUT2D eigenvalue weighted by molar-refractivity contribution is 7.64. The Kier molecular flexibility index (Phi) is 8.63. The molecule has 11 nitrogen and oxygen atoms in total. The van der Waals surface area contributed by atoms with Crippen LogP contribution in [0, 0.1) is 0 Å². The van der Waals surface area contributed by atoms with Crippen LogP contribution in [0.2, 0.25) is 0 Å². The van der Waals surface area contributed by atoms with Gasteiger partial charge in [-0.2, -0.15) is 4.62 Å². The molecule has 0 radical (unpaired) electrons. The molecule has 0 aliphatic carbocycles. The topological polar surface area (TPSA) is 105 Å². The second kappa shape index (κ2) is 10.5. The fourth-order valence-electron chi connectivity index (χ4n) is 3.69. The van der Waals surface area contributed by atoms with Crippen molar-refractivity contribution < 1.29 is 19.0 Å². The van der Waals surface area contributed by atoms with Gasteiger partial charge in [-0.1, -0.05) is 12.1 Å². The number of para-hydroxylation sites is 1. The van der Waals surface area contributed by atoms with Crippen molar-refractivity contribution in [2.24, 2.45) is 0 Å². The minimum atomic E-state index is -2.72. The quantitative estimate of drug-likeness (QED) is 0.392. The molecule has 190 valence electrons. The zero-order valence-corrected chi connectivity index (χ0v) is 22.9. The predicted molar refractivity (Wildman–Crippen MR) is 134 cm³/mol. The Labute approximate surface area is 202 Å². The van der Waals surface area contributed by atoms with Gasteiger partial charge in [-0.05, 0) is 56.8 Å². The first-order valence-electron chi connectivity index (χ1n) is 11.1. The summed E-state index contributed by atoms with van der Waals surface area (Å²) >= 11 is 0. The van der Waals surface area contributed by atoms with Crippen molar-refractivity contribution in [3.8, 4) is 0 Å². The summed E-state index contributed by atoms with van der Waals surface area (Å²) in [5, 5.41) is 11.2. The number of esters is 1. The van der Waals surface area contributed by atoms with Crippen molar-refractivity contribution >= 4 is 30.9 Å². The predicted octanol–water partition coefficient (Wildman–Crippen LogP) is 2.22. The maximum absolute atomic E-state index is 12.9. The van der Waals surface area contributed by atoms with Gasteiger partial charge in [0.2, 0.25) is 5.91 Å². The Morgan fingerprint density at radius 3 is 2.18 bits per heavy atom. The van der Waals surface area contributed by atoms with E-state index < -0.39 is 19.5 Å². The lowest BCUT2D eigenvalue weighted by Gasteiger charge is -2.37. The number of carbonyl (C=O) groups excluding carboxylic acids is 2. The van der Waals surface area contributed by atoms with E-state index in [0.717, 1.165) is 5.52 Å². The Balaban J connectivity index is 2.20. The van der Waals surface area contributed by atoms with E-state index in [9.17, 15) is 9.59 Å². The third-order valence-electron chi connectivity index (χ3n) is 4.84. The zero-order valence-electron chi connectivity index (χ0n) is 22.0. The van der Waals surface area contributed by atoms with Crippen molar-refractivity contribution in [2.75, 3.05) is 41.8 Å². The van der Waals surface area contributed by atoms with Gasteiger partial charge >= 0.3 is 13.9 Å². The second-order valence-corrected chi connectivity index (χ2v) is 13.7. The van der Waals surface area contributed by atoms with E-state index in [2.05, 4.69) is 15.6 Å². The van der Waals surface area contributed by atoms with Gasteiger partial charge in [0.15, 0.2) is 0 Å². The summed E-state index contributed by atoms with van der Waals surface area (Å²) in [6, 6.07) is 7.49. The number of hydrogen-bond donors (Lipinski definition) is 1. The maximum atomic E-state index is 12.9. The minimum Gasteiger partial charge on any atom is -0.458 e.